The Hall–Kier alpha value is -2.08. The first kappa shape index (κ1) is 14.3. The summed E-state index contributed by atoms with van der Waals surface area (Å²) >= 11 is 0. The summed E-state index contributed by atoms with van der Waals surface area (Å²) in [6.07, 6.45) is 1.90. The molecule has 6 heteroatoms. The van der Waals surface area contributed by atoms with Crippen LogP contribution in [0.1, 0.15) is 19.3 Å². The first-order valence-electron chi connectivity index (χ1n) is 6.60. The molecule has 0 aliphatic heterocycles. The maximum Gasteiger partial charge on any atom is 0.411 e. The zero-order chi connectivity index (χ0) is 14.5. The Kier molecular flexibility index (Phi) is 4.57. The van der Waals surface area contributed by atoms with E-state index in [1.165, 1.54) is 7.11 Å². The van der Waals surface area contributed by atoms with Gasteiger partial charge in [0.1, 0.15) is 0 Å². The van der Waals surface area contributed by atoms with Gasteiger partial charge < -0.3 is 15.8 Å². The van der Waals surface area contributed by atoms with Crippen LogP contribution in [0.4, 0.5) is 16.2 Å². The van der Waals surface area contributed by atoms with E-state index in [9.17, 15) is 9.59 Å². The van der Waals surface area contributed by atoms with Crippen molar-refractivity contribution in [3.63, 3.8) is 0 Å². The lowest BCUT2D eigenvalue weighted by atomic mass is 10.1. The average Bonchev–Trinajstić information content (AvgIpc) is 2.86. The minimum atomic E-state index is -0.546. The lowest BCUT2D eigenvalue weighted by Crippen LogP contribution is -2.23. The molecule has 1 saturated carbocycles. The first-order chi connectivity index (χ1) is 9.58. The summed E-state index contributed by atoms with van der Waals surface area (Å²) in [5.41, 5.74) is 7.02. The fourth-order valence-corrected chi connectivity index (χ4v) is 2.34. The highest BCUT2D eigenvalue weighted by atomic mass is 16.5. The zero-order valence-electron chi connectivity index (χ0n) is 11.4. The van der Waals surface area contributed by atoms with Crippen molar-refractivity contribution in [2.45, 2.75) is 25.3 Å². The molecule has 2 unspecified atom stereocenters. The molecule has 1 fully saturated rings. The first-order valence-corrected chi connectivity index (χ1v) is 6.60. The summed E-state index contributed by atoms with van der Waals surface area (Å²) in [4.78, 5) is 23.2. The number of carbonyl (C=O) groups is 2. The molecule has 1 aliphatic carbocycles. The molecule has 0 bridgehead atoms. The minimum Gasteiger partial charge on any atom is -0.453 e. The van der Waals surface area contributed by atoms with Gasteiger partial charge in [-0.2, -0.15) is 0 Å². The van der Waals surface area contributed by atoms with Gasteiger partial charge in [0.25, 0.3) is 0 Å². The topological polar surface area (TPSA) is 93.5 Å². The fourth-order valence-electron chi connectivity index (χ4n) is 2.34. The van der Waals surface area contributed by atoms with Crippen molar-refractivity contribution in [1.29, 1.82) is 0 Å². The number of hydrogen-bond donors (Lipinski definition) is 3. The molecule has 1 aromatic carbocycles. The number of nitrogens with one attached hydrogen (secondary N) is 2. The van der Waals surface area contributed by atoms with E-state index < -0.39 is 6.09 Å². The van der Waals surface area contributed by atoms with Gasteiger partial charge in [-0.3, -0.25) is 10.1 Å². The molecular formula is C14H19N3O3. The van der Waals surface area contributed by atoms with Gasteiger partial charge in [-0.25, -0.2) is 4.79 Å². The smallest absolute Gasteiger partial charge is 0.411 e. The molecule has 2 rings (SSSR count). The van der Waals surface area contributed by atoms with Crippen LogP contribution in [0.5, 0.6) is 0 Å². The monoisotopic (exact) mass is 277 g/mol. The Morgan fingerprint density at radius 3 is 2.55 bits per heavy atom. The molecule has 0 aromatic heterocycles. The molecule has 1 aromatic rings. The molecule has 0 spiro atoms. The SMILES string of the molecule is COC(=O)Nc1cccc(NC(=O)C2CCC(N)C2)c1. The van der Waals surface area contributed by atoms with Crippen LogP contribution in [0.15, 0.2) is 24.3 Å². The number of carbonyl (C=O) groups excluding carboxylic acids is 2. The Morgan fingerprint density at radius 2 is 1.95 bits per heavy atom. The summed E-state index contributed by atoms with van der Waals surface area (Å²) in [5.74, 6) is -0.0459. The van der Waals surface area contributed by atoms with Crippen LogP contribution in [-0.2, 0) is 9.53 Å². The molecule has 1 aliphatic rings. The molecule has 0 heterocycles. The second kappa shape index (κ2) is 6.38. The third kappa shape index (κ3) is 3.71. The summed E-state index contributed by atoms with van der Waals surface area (Å²) < 4.78 is 4.52. The second-order valence-electron chi connectivity index (χ2n) is 4.96. The van der Waals surface area contributed by atoms with Gasteiger partial charge in [0.05, 0.1) is 7.11 Å². The quantitative estimate of drug-likeness (QED) is 0.787. The highest BCUT2D eigenvalue weighted by Gasteiger charge is 2.27. The van der Waals surface area contributed by atoms with Crippen LogP contribution < -0.4 is 16.4 Å². The number of ether oxygens (including phenoxy) is 1. The average molecular weight is 277 g/mol. The fraction of sp³-hybridized carbons (Fsp3) is 0.429. The number of hydrogen-bond acceptors (Lipinski definition) is 4. The number of amides is 2. The van der Waals surface area contributed by atoms with Crippen molar-refractivity contribution < 1.29 is 14.3 Å². The van der Waals surface area contributed by atoms with Crippen LogP contribution in [0.2, 0.25) is 0 Å². The molecule has 108 valence electrons. The molecule has 0 radical (unpaired) electrons. The van der Waals surface area contributed by atoms with Crippen LogP contribution in [0.3, 0.4) is 0 Å². The predicted molar refractivity (Wildman–Crippen MR) is 76.4 cm³/mol. The van der Waals surface area contributed by atoms with Gasteiger partial charge in [-0.05, 0) is 37.5 Å². The molecule has 20 heavy (non-hydrogen) atoms. The van der Waals surface area contributed by atoms with Crippen LogP contribution in [-0.4, -0.2) is 25.2 Å². The van der Waals surface area contributed by atoms with Crippen molar-refractivity contribution in [3.8, 4) is 0 Å². The van der Waals surface area contributed by atoms with E-state index in [1.54, 1.807) is 24.3 Å². The van der Waals surface area contributed by atoms with Gasteiger partial charge in [0.15, 0.2) is 0 Å². The normalized spacial score (nSPS) is 21.3. The summed E-state index contributed by atoms with van der Waals surface area (Å²) in [6, 6.07) is 7.05. The van der Waals surface area contributed by atoms with Crippen molar-refractivity contribution in [2.24, 2.45) is 11.7 Å². The standard InChI is InChI=1S/C14H19N3O3/c1-20-14(19)17-12-4-2-3-11(8-12)16-13(18)9-5-6-10(15)7-9/h2-4,8-10H,5-7,15H2,1H3,(H,16,18)(H,17,19). The Labute approximate surface area is 117 Å². The van der Waals surface area contributed by atoms with Crippen molar-refractivity contribution in [1.82, 2.24) is 0 Å². The number of methoxy groups -OCH3 is 1. The van der Waals surface area contributed by atoms with E-state index in [4.69, 9.17) is 5.73 Å². The Morgan fingerprint density at radius 1 is 1.25 bits per heavy atom. The number of anilines is 2. The van der Waals surface area contributed by atoms with E-state index in [0.717, 1.165) is 19.3 Å². The van der Waals surface area contributed by atoms with Gasteiger partial charge >= 0.3 is 6.09 Å². The number of benzene rings is 1. The number of nitrogens with two attached hydrogens (primary N) is 1. The van der Waals surface area contributed by atoms with Crippen molar-refractivity contribution in [2.75, 3.05) is 17.7 Å². The lowest BCUT2D eigenvalue weighted by molar-refractivity contribution is -0.119. The van der Waals surface area contributed by atoms with Crippen molar-refractivity contribution >= 4 is 23.4 Å². The maximum absolute atomic E-state index is 12.1. The minimum absolute atomic E-state index is 0.0202. The summed E-state index contributed by atoms with van der Waals surface area (Å²) in [7, 11) is 1.30. The Bertz CT molecular complexity index is 504. The third-order valence-electron chi connectivity index (χ3n) is 3.41. The summed E-state index contributed by atoms with van der Waals surface area (Å²) in [5, 5.41) is 5.40. The van der Waals surface area contributed by atoms with E-state index in [0.29, 0.717) is 11.4 Å². The molecule has 6 nitrogen and oxygen atoms in total. The molecule has 0 saturated heterocycles. The predicted octanol–water partition coefficient (Wildman–Crippen LogP) is 1.93. The van der Waals surface area contributed by atoms with E-state index in [1.807, 2.05) is 0 Å². The van der Waals surface area contributed by atoms with Crippen LogP contribution in [0.25, 0.3) is 0 Å². The third-order valence-corrected chi connectivity index (χ3v) is 3.41. The van der Waals surface area contributed by atoms with Crippen LogP contribution in [0, 0.1) is 5.92 Å². The van der Waals surface area contributed by atoms with Gasteiger partial charge in [-0.15, -0.1) is 0 Å². The van der Waals surface area contributed by atoms with Gasteiger partial charge in [-0.1, -0.05) is 6.07 Å². The van der Waals surface area contributed by atoms with Gasteiger partial charge in [0.2, 0.25) is 5.91 Å². The molecule has 2 amide bonds. The van der Waals surface area contributed by atoms with Crippen molar-refractivity contribution in [3.05, 3.63) is 24.3 Å². The van der Waals surface area contributed by atoms with Crippen LogP contribution >= 0.6 is 0 Å². The number of rotatable bonds is 3. The van der Waals surface area contributed by atoms with E-state index in [2.05, 4.69) is 15.4 Å². The Balaban J connectivity index is 1.97. The zero-order valence-corrected chi connectivity index (χ0v) is 11.4. The molecule has 4 N–H and O–H groups in total. The largest absolute Gasteiger partial charge is 0.453 e. The highest BCUT2D eigenvalue weighted by Crippen LogP contribution is 2.26. The summed E-state index contributed by atoms with van der Waals surface area (Å²) in [6.45, 7) is 0. The maximum atomic E-state index is 12.1. The second-order valence-corrected chi connectivity index (χ2v) is 4.96. The highest BCUT2D eigenvalue weighted by molar-refractivity contribution is 5.94. The van der Waals surface area contributed by atoms with Gasteiger partial charge in [0, 0.05) is 23.3 Å². The van der Waals surface area contributed by atoms with E-state index >= 15 is 0 Å². The molecular weight excluding hydrogens is 258 g/mol. The molecule has 2 atom stereocenters. The lowest BCUT2D eigenvalue weighted by Gasteiger charge is -2.12. The van der Waals surface area contributed by atoms with E-state index in [-0.39, 0.29) is 17.9 Å².